The number of rotatable bonds is 6. The van der Waals surface area contributed by atoms with Gasteiger partial charge in [0.05, 0.1) is 11.0 Å². The molecule has 0 saturated carbocycles. The van der Waals surface area contributed by atoms with Crippen molar-refractivity contribution in [1.82, 2.24) is 8.87 Å². The van der Waals surface area contributed by atoms with E-state index in [4.69, 9.17) is 4.74 Å². The number of para-hydroxylation sites is 1. The van der Waals surface area contributed by atoms with Crippen LogP contribution in [0, 0.1) is 0 Å². The number of fused-ring (bicyclic) bond motifs is 1. The van der Waals surface area contributed by atoms with E-state index in [2.05, 4.69) is 0 Å². The lowest BCUT2D eigenvalue weighted by Gasteiger charge is -2.32. The van der Waals surface area contributed by atoms with Gasteiger partial charge in [-0.2, -0.15) is 12.7 Å². The van der Waals surface area contributed by atoms with E-state index >= 15 is 0 Å². The van der Waals surface area contributed by atoms with Gasteiger partial charge in [0.2, 0.25) is 10.0 Å². The van der Waals surface area contributed by atoms with Crippen LogP contribution in [0.15, 0.2) is 64.5 Å². The van der Waals surface area contributed by atoms with Gasteiger partial charge in [0.1, 0.15) is 10.6 Å². The van der Waals surface area contributed by atoms with Gasteiger partial charge < -0.3 is 9.30 Å². The van der Waals surface area contributed by atoms with E-state index in [0.717, 1.165) is 0 Å². The van der Waals surface area contributed by atoms with Crippen LogP contribution >= 0.6 is 0 Å². The van der Waals surface area contributed by atoms with Crippen LogP contribution in [0.3, 0.4) is 0 Å². The lowest BCUT2D eigenvalue weighted by molar-refractivity contribution is 0.242. The Kier molecular flexibility index (Phi) is 6.06. The molecule has 1 aliphatic rings. The molecule has 0 radical (unpaired) electrons. The van der Waals surface area contributed by atoms with Crippen LogP contribution in [0.5, 0.6) is 5.75 Å². The molecule has 4 rings (SSSR count). The van der Waals surface area contributed by atoms with Gasteiger partial charge in [0.15, 0.2) is 0 Å². The summed E-state index contributed by atoms with van der Waals surface area (Å²) in [4.78, 5) is 0.0824. The molecule has 172 valence electrons. The highest BCUT2D eigenvalue weighted by atomic mass is 32.2. The van der Waals surface area contributed by atoms with Crippen LogP contribution in [0.25, 0.3) is 10.9 Å². The minimum atomic E-state index is -4.37. The van der Waals surface area contributed by atoms with Crippen molar-refractivity contribution in [3.8, 4) is 5.75 Å². The number of hydrogen-bond donors (Lipinski definition) is 1. The smallest absolute Gasteiger partial charge is 0.296 e. The molecule has 2 heterocycles. The molecule has 1 N–H and O–H groups in total. The first-order valence-electron chi connectivity index (χ1n) is 10.4. The highest BCUT2D eigenvalue weighted by Gasteiger charge is 2.31. The van der Waals surface area contributed by atoms with Crippen molar-refractivity contribution in [2.75, 3.05) is 13.1 Å². The SMILES string of the molecule is CC(C)Oc1ccc(S(=O)(=O)N2CCC(n3cc(S(=O)(=O)O)c4ccccc43)CC2)cc1. The van der Waals surface area contributed by atoms with Gasteiger partial charge in [0, 0.05) is 36.2 Å². The molecule has 3 aromatic rings. The molecule has 10 heteroatoms. The Bertz CT molecular complexity index is 1320. The van der Waals surface area contributed by atoms with Gasteiger partial charge in [-0.25, -0.2) is 8.42 Å². The third-order valence-electron chi connectivity index (χ3n) is 5.63. The Morgan fingerprint density at radius 2 is 1.59 bits per heavy atom. The molecule has 8 nitrogen and oxygen atoms in total. The number of hydrogen-bond acceptors (Lipinski definition) is 5. The van der Waals surface area contributed by atoms with Crippen LogP contribution in [-0.2, 0) is 20.1 Å². The van der Waals surface area contributed by atoms with Crippen LogP contribution < -0.4 is 4.74 Å². The van der Waals surface area contributed by atoms with Gasteiger partial charge in [-0.15, -0.1) is 0 Å². The topological polar surface area (TPSA) is 106 Å². The van der Waals surface area contributed by atoms with Crippen molar-refractivity contribution in [2.24, 2.45) is 0 Å². The van der Waals surface area contributed by atoms with Crippen molar-refractivity contribution in [3.05, 3.63) is 54.7 Å². The summed E-state index contributed by atoms with van der Waals surface area (Å²) in [6.07, 6.45) is 2.50. The minimum absolute atomic E-state index is 0.00240. The van der Waals surface area contributed by atoms with E-state index in [9.17, 15) is 21.4 Å². The van der Waals surface area contributed by atoms with E-state index in [0.29, 0.717) is 42.6 Å². The second-order valence-electron chi connectivity index (χ2n) is 8.17. The van der Waals surface area contributed by atoms with E-state index in [1.807, 2.05) is 18.4 Å². The third kappa shape index (κ3) is 4.40. The maximum absolute atomic E-state index is 13.1. The van der Waals surface area contributed by atoms with Gasteiger partial charge in [-0.1, -0.05) is 18.2 Å². The average Bonchev–Trinajstić information content (AvgIpc) is 3.14. The van der Waals surface area contributed by atoms with Crippen LogP contribution in [-0.4, -0.2) is 49.5 Å². The van der Waals surface area contributed by atoms with Gasteiger partial charge in [-0.05, 0) is 57.0 Å². The first-order valence-corrected chi connectivity index (χ1v) is 13.3. The number of ether oxygens (including phenoxy) is 1. The Labute approximate surface area is 188 Å². The molecule has 1 aliphatic heterocycles. The van der Waals surface area contributed by atoms with Crippen molar-refractivity contribution in [1.29, 1.82) is 0 Å². The fraction of sp³-hybridized carbons (Fsp3) is 0.364. The fourth-order valence-corrected chi connectivity index (χ4v) is 6.32. The van der Waals surface area contributed by atoms with Crippen molar-refractivity contribution < 1.29 is 26.1 Å². The maximum Gasteiger partial charge on any atom is 0.296 e. The van der Waals surface area contributed by atoms with Gasteiger partial charge in [0.25, 0.3) is 10.1 Å². The molecule has 0 atom stereocenters. The number of sulfonamides is 1. The monoisotopic (exact) mass is 478 g/mol. The maximum atomic E-state index is 13.1. The molecule has 0 aliphatic carbocycles. The summed E-state index contributed by atoms with van der Waals surface area (Å²) in [5, 5.41) is 0.453. The van der Waals surface area contributed by atoms with Crippen LogP contribution in [0.2, 0.25) is 0 Å². The number of aromatic nitrogens is 1. The first kappa shape index (κ1) is 22.8. The highest BCUT2D eigenvalue weighted by Crippen LogP contribution is 2.33. The molecule has 32 heavy (non-hydrogen) atoms. The molecule has 2 aromatic carbocycles. The summed E-state index contributed by atoms with van der Waals surface area (Å²) in [7, 11) is -8.01. The average molecular weight is 479 g/mol. The molecule has 0 bridgehead atoms. The lowest BCUT2D eigenvalue weighted by atomic mass is 10.1. The fourth-order valence-electron chi connectivity index (χ4n) is 4.15. The van der Waals surface area contributed by atoms with E-state index in [1.54, 1.807) is 48.5 Å². The normalized spacial score (nSPS) is 16.6. The summed E-state index contributed by atoms with van der Waals surface area (Å²) < 4.78 is 68.3. The van der Waals surface area contributed by atoms with Crippen molar-refractivity contribution >= 4 is 31.0 Å². The second-order valence-corrected chi connectivity index (χ2v) is 11.5. The first-order chi connectivity index (χ1) is 15.1. The van der Waals surface area contributed by atoms with Crippen LogP contribution in [0.1, 0.15) is 32.7 Å². The summed E-state index contributed by atoms with van der Waals surface area (Å²) >= 11 is 0. The third-order valence-corrected chi connectivity index (χ3v) is 8.43. The van der Waals surface area contributed by atoms with E-state index < -0.39 is 20.1 Å². The van der Waals surface area contributed by atoms with Gasteiger partial charge >= 0.3 is 0 Å². The minimum Gasteiger partial charge on any atom is -0.491 e. The molecular formula is C22H26N2O6S2. The zero-order valence-electron chi connectivity index (χ0n) is 17.9. The molecule has 0 amide bonds. The number of benzene rings is 2. The zero-order valence-corrected chi connectivity index (χ0v) is 19.5. The second kappa shape index (κ2) is 8.51. The molecular weight excluding hydrogens is 452 g/mol. The molecule has 1 fully saturated rings. The Balaban J connectivity index is 1.53. The lowest BCUT2D eigenvalue weighted by Crippen LogP contribution is -2.38. The Morgan fingerprint density at radius 3 is 2.19 bits per heavy atom. The highest BCUT2D eigenvalue weighted by molar-refractivity contribution is 7.89. The molecule has 0 spiro atoms. The van der Waals surface area contributed by atoms with Crippen molar-refractivity contribution in [2.45, 2.75) is 48.6 Å². The summed E-state index contributed by atoms with van der Waals surface area (Å²) in [6.45, 7) is 4.43. The van der Waals surface area contributed by atoms with Crippen molar-refractivity contribution in [3.63, 3.8) is 0 Å². The number of piperidine rings is 1. The molecule has 0 unspecified atom stereocenters. The van der Waals surface area contributed by atoms with Gasteiger partial charge in [-0.3, -0.25) is 4.55 Å². The Hall–Kier alpha value is -2.40. The van der Waals surface area contributed by atoms with E-state index in [1.165, 1.54) is 10.5 Å². The zero-order chi connectivity index (χ0) is 23.1. The summed E-state index contributed by atoms with van der Waals surface area (Å²) in [6, 6.07) is 13.3. The molecule has 1 aromatic heterocycles. The van der Waals surface area contributed by atoms with Crippen LogP contribution in [0.4, 0.5) is 0 Å². The Morgan fingerprint density at radius 1 is 0.969 bits per heavy atom. The predicted molar refractivity (Wildman–Crippen MR) is 121 cm³/mol. The molecule has 1 saturated heterocycles. The number of nitrogens with zero attached hydrogens (tertiary/aromatic N) is 2. The van der Waals surface area contributed by atoms with E-state index in [-0.39, 0.29) is 21.9 Å². The largest absolute Gasteiger partial charge is 0.491 e. The predicted octanol–water partition coefficient (Wildman–Crippen LogP) is 3.70. The standard InChI is InChI=1S/C22H26N2O6S2/c1-16(2)30-18-7-9-19(10-8-18)31(25,26)23-13-11-17(12-14-23)24-15-22(32(27,28)29)20-5-3-4-6-21(20)24/h3-10,15-17H,11-14H2,1-2H3,(H,27,28,29). The summed E-state index contributed by atoms with van der Waals surface area (Å²) in [5.74, 6) is 0.617. The summed E-state index contributed by atoms with van der Waals surface area (Å²) in [5.41, 5.74) is 0.696. The quantitative estimate of drug-likeness (QED) is 0.542.